The zero-order valence-electron chi connectivity index (χ0n) is 8.28. The van der Waals surface area contributed by atoms with Crippen LogP contribution in [0.15, 0.2) is 22.7 Å². The van der Waals surface area contributed by atoms with Crippen LogP contribution >= 0.6 is 15.9 Å². The fourth-order valence-corrected chi connectivity index (χ4v) is 2.31. The number of amides is 1. The highest BCUT2D eigenvalue weighted by Gasteiger charge is 2.32. The molecule has 1 aliphatic rings. The molecule has 3 nitrogen and oxygen atoms in total. The van der Waals surface area contributed by atoms with Gasteiger partial charge in [0.25, 0.3) is 0 Å². The van der Waals surface area contributed by atoms with E-state index in [1.807, 2.05) is 6.07 Å². The standard InChI is InChI=1S/C11H8BrFN2O/c12-8-2-1-3-9(13)11(8)15-6-7(5-14)4-10(15)16/h1-3,7H,4,6H2. The number of carbonyl (C=O) groups is 1. The highest BCUT2D eigenvalue weighted by molar-refractivity contribution is 9.10. The van der Waals surface area contributed by atoms with E-state index in [0.29, 0.717) is 4.47 Å². The zero-order valence-corrected chi connectivity index (χ0v) is 9.87. The number of para-hydroxylation sites is 1. The Morgan fingerprint density at radius 3 is 2.88 bits per heavy atom. The van der Waals surface area contributed by atoms with Gasteiger partial charge < -0.3 is 4.90 Å². The van der Waals surface area contributed by atoms with E-state index >= 15 is 0 Å². The Balaban J connectivity index is 2.39. The maximum atomic E-state index is 13.6. The van der Waals surface area contributed by atoms with Crippen molar-refractivity contribution < 1.29 is 9.18 Å². The van der Waals surface area contributed by atoms with Crippen molar-refractivity contribution in [3.8, 4) is 6.07 Å². The van der Waals surface area contributed by atoms with Crippen LogP contribution in [-0.2, 0) is 4.79 Å². The van der Waals surface area contributed by atoms with Crippen LogP contribution in [0.3, 0.4) is 0 Å². The van der Waals surface area contributed by atoms with Crippen molar-refractivity contribution in [2.75, 3.05) is 11.4 Å². The number of nitriles is 1. The first-order valence-electron chi connectivity index (χ1n) is 4.77. The lowest BCUT2D eigenvalue weighted by atomic mass is 10.1. The van der Waals surface area contributed by atoms with Gasteiger partial charge in [0.15, 0.2) is 0 Å². The molecule has 1 aromatic rings. The van der Waals surface area contributed by atoms with Crippen molar-refractivity contribution in [1.29, 1.82) is 5.26 Å². The maximum absolute atomic E-state index is 13.6. The summed E-state index contributed by atoms with van der Waals surface area (Å²) in [5.41, 5.74) is 0.227. The van der Waals surface area contributed by atoms with Gasteiger partial charge in [0, 0.05) is 17.4 Å². The zero-order chi connectivity index (χ0) is 11.7. The second-order valence-electron chi connectivity index (χ2n) is 3.60. The Labute approximate surface area is 101 Å². The van der Waals surface area contributed by atoms with Crippen LogP contribution in [-0.4, -0.2) is 12.5 Å². The highest BCUT2D eigenvalue weighted by Crippen LogP contribution is 2.33. The van der Waals surface area contributed by atoms with Crippen LogP contribution in [0, 0.1) is 23.1 Å². The Morgan fingerprint density at radius 1 is 1.56 bits per heavy atom. The van der Waals surface area contributed by atoms with Gasteiger partial charge in [-0.2, -0.15) is 5.26 Å². The van der Waals surface area contributed by atoms with Crippen molar-refractivity contribution in [3.05, 3.63) is 28.5 Å². The molecule has 1 saturated heterocycles. The van der Waals surface area contributed by atoms with Crippen LogP contribution in [0.1, 0.15) is 6.42 Å². The van der Waals surface area contributed by atoms with E-state index in [0.717, 1.165) is 0 Å². The van der Waals surface area contributed by atoms with E-state index in [9.17, 15) is 9.18 Å². The summed E-state index contributed by atoms with van der Waals surface area (Å²) in [6.45, 7) is 0.259. The molecule has 1 heterocycles. The van der Waals surface area contributed by atoms with Crippen LogP contribution in [0.4, 0.5) is 10.1 Å². The summed E-state index contributed by atoms with van der Waals surface area (Å²) in [5.74, 6) is -1.02. The Bertz CT molecular complexity index is 463. The van der Waals surface area contributed by atoms with Crippen molar-refractivity contribution in [3.63, 3.8) is 0 Å². The number of nitrogens with zero attached hydrogens (tertiary/aromatic N) is 2. The smallest absolute Gasteiger partial charge is 0.228 e. The van der Waals surface area contributed by atoms with E-state index in [1.54, 1.807) is 12.1 Å². The summed E-state index contributed by atoms with van der Waals surface area (Å²) in [7, 11) is 0. The molecule has 0 aromatic heterocycles. The highest BCUT2D eigenvalue weighted by atomic mass is 79.9. The molecule has 0 spiro atoms. The molecule has 5 heteroatoms. The third-order valence-corrected chi connectivity index (χ3v) is 3.15. The third-order valence-electron chi connectivity index (χ3n) is 2.52. The first-order chi connectivity index (χ1) is 7.63. The van der Waals surface area contributed by atoms with E-state index in [1.165, 1.54) is 11.0 Å². The number of benzene rings is 1. The topological polar surface area (TPSA) is 44.1 Å². The molecule has 16 heavy (non-hydrogen) atoms. The normalized spacial score (nSPS) is 19.9. The lowest BCUT2D eigenvalue weighted by molar-refractivity contribution is -0.117. The fraction of sp³-hybridized carbons (Fsp3) is 0.273. The van der Waals surface area contributed by atoms with E-state index in [2.05, 4.69) is 15.9 Å². The van der Waals surface area contributed by atoms with Gasteiger partial charge in [-0.3, -0.25) is 4.79 Å². The van der Waals surface area contributed by atoms with Crippen LogP contribution < -0.4 is 4.90 Å². The SMILES string of the molecule is N#CC1CC(=O)N(c2c(F)cccc2Br)C1. The van der Waals surface area contributed by atoms with Gasteiger partial charge in [-0.25, -0.2) is 4.39 Å². The monoisotopic (exact) mass is 282 g/mol. The molecule has 1 atom stereocenters. The minimum atomic E-state index is -0.457. The minimum Gasteiger partial charge on any atom is -0.307 e. The van der Waals surface area contributed by atoms with Crippen molar-refractivity contribution >= 4 is 27.5 Å². The summed E-state index contributed by atoms with van der Waals surface area (Å²) in [4.78, 5) is 13.0. The number of hydrogen-bond donors (Lipinski definition) is 0. The van der Waals surface area contributed by atoms with Crippen LogP contribution in [0.5, 0.6) is 0 Å². The van der Waals surface area contributed by atoms with Gasteiger partial charge in [0.2, 0.25) is 5.91 Å². The molecule has 2 rings (SSSR count). The molecule has 0 aliphatic carbocycles. The van der Waals surface area contributed by atoms with Gasteiger partial charge in [-0.1, -0.05) is 6.07 Å². The van der Waals surface area contributed by atoms with Crippen molar-refractivity contribution in [2.24, 2.45) is 5.92 Å². The van der Waals surface area contributed by atoms with Gasteiger partial charge in [-0.05, 0) is 28.1 Å². The van der Waals surface area contributed by atoms with Gasteiger partial charge in [0.1, 0.15) is 5.82 Å². The second kappa shape index (κ2) is 4.22. The number of rotatable bonds is 1. The molecule has 82 valence electrons. The minimum absolute atomic E-state index is 0.164. The summed E-state index contributed by atoms with van der Waals surface area (Å²) in [5, 5.41) is 8.75. The number of hydrogen-bond acceptors (Lipinski definition) is 2. The number of halogens is 2. The van der Waals surface area contributed by atoms with Gasteiger partial charge in [-0.15, -0.1) is 0 Å². The van der Waals surface area contributed by atoms with E-state index < -0.39 is 5.82 Å². The summed E-state index contributed by atoms with van der Waals surface area (Å²) in [6.07, 6.45) is 0.164. The number of carbonyl (C=O) groups excluding carboxylic acids is 1. The lowest BCUT2D eigenvalue weighted by Gasteiger charge is -2.18. The van der Waals surface area contributed by atoms with Crippen LogP contribution in [0.25, 0.3) is 0 Å². The Morgan fingerprint density at radius 2 is 2.31 bits per heavy atom. The van der Waals surface area contributed by atoms with Crippen LogP contribution in [0.2, 0.25) is 0 Å². The largest absolute Gasteiger partial charge is 0.307 e. The Hall–Kier alpha value is -1.41. The first-order valence-corrected chi connectivity index (χ1v) is 5.56. The molecule has 1 unspecified atom stereocenters. The Kier molecular flexibility index (Phi) is 2.92. The molecule has 1 aliphatic heterocycles. The average Bonchev–Trinajstić information content (AvgIpc) is 2.60. The molecule has 0 N–H and O–H groups in total. The van der Waals surface area contributed by atoms with Gasteiger partial charge in [0.05, 0.1) is 17.7 Å². The molecule has 0 saturated carbocycles. The lowest BCUT2D eigenvalue weighted by Crippen LogP contribution is -2.25. The molecule has 1 fully saturated rings. The third kappa shape index (κ3) is 1.81. The summed E-state index contributed by atoms with van der Waals surface area (Å²) >= 11 is 3.21. The molecular formula is C11H8BrFN2O. The molecule has 1 amide bonds. The maximum Gasteiger partial charge on any atom is 0.228 e. The molecule has 0 bridgehead atoms. The molecule has 1 aromatic carbocycles. The molecular weight excluding hydrogens is 275 g/mol. The van der Waals surface area contributed by atoms with E-state index in [4.69, 9.17) is 5.26 Å². The predicted molar refractivity (Wildman–Crippen MR) is 60.2 cm³/mol. The molecule has 0 radical (unpaired) electrons. The van der Waals surface area contributed by atoms with Crippen molar-refractivity contribution in [1.82, 2.24) is 0 Å². The number of anilines is 1. The quantitative estimate of drug-likeness (QED) is 0.794. The summed E-state index contributed by atoms with van der Waals surface area (Å²) < 4.78 is 14.1. The average molecular weight is 283 g/mol. The van der Waals surface area contributed by atoms with Gasteiger partial charge >= 0.3 is 0 Å². The second-order valence-corrected chi connectivity index (χ2v) is 4.46. The van der Waals surface area contributed by atoms with E-state index in [-0.39, 0.29) is 30.5 Å². The summed E-state index contributed by atoms with van der Waals surface area (Å²) in [6, 6.07) is 6.56. The first kappa shape index (κ1) is 11.1. The fourth-order valence-electron chi connectivity index (χ4n) is 1.76. The predicted octanol–water partition coefficient (Wildman–Crippen LogP) is 2.46. The van der Waals surface area contributed by atoms with Crippen molar-refractivity contribution in [2.45, 2.75) is 6.42 Å².